The Morgan fingerprint density at radius 2 is 2.56 bits per heavy atom. The molecular formula is C13H15N3O2. The van der Waals surface area contributed by atoms with Crippen LogP contribution in [0.3, 0.4) is 0 Å². The van der Waals surface area contributed by atoms with E-state index in [1.165, 1.54) is 0 Å². The molecule has 1 aliphatic rings. The van der Waals surface area contributed by atoms with Crippen LogP contribution >= 0.6 is 0 Å². The van der Waals surface area contributed by atoms with Crippen LogP contribution in [0, 0.1) is 5.92 Å². The van der Waals surface area contributed by atoms with Gasteiger partial charge < -0.3 is 14.3 Å². The lowest BCUT2D eigenvalue weighted by atomic mass is 9.95. The van der Waals surface area contributed by atoms with Gasteiger partial charge in [-0.3, -0.25) is 4.79 Å². The summed E-state index contributed by atoms with van der Waals surface area (Å²) in [7, 11) is 0. The predicted octanol–water partition coefficient (Wildman–Crippen LogP) is 1.35. The van der Waals surface area contributed by atoms with E-state index in [0.29, 0.717) is 6.54 Å². The normalized spacial score (nSPS) is 18.3. The quantitative estimate of drug-likeness (QED) is 0.888. The van der Waals surface area contributed by atoms with Gasteiger partial charge in [0.15, 0.2) is 0 Å². The standard InChI is InChI=1S/C13H15N3O2/c17-13(15-8-12-2-1-5-18-12)10-3-4-16-9-14-7-11(16)6-10/h1-2,5,7,9-10H,3-4,6,8H2,(H,15,17). The maximum atomic E-state index is 12.0. The van der Waals surface area contributed by atoms with Crippen LogP contribution in [0.4, 0.5) is 0 Å². The number of imidazole rings is 1. The summed E-state index contributed by atoms with van der Waals surface area (Å²) in [6.45, 7) is 1.33. The average Bonchev–Trinajstić information content (AvgIpc) is 3.05. The lowest BCUT2D eigenvalue weighted by Gasteiger charge is -2.22. The summed E-state index contributed by atoms with van der Waals surface area (Å²) in [5.41, 5.74) is 1.14. The molecule has 0 spiro atoms. The van der Waals surface area contributed by atoms with Gasteiger partial charge in [0.2, 0.25) is 5.91 Å². The highest BCUT2D eigenvalue weighted by atomic mass is 16.3. The van der Waals surface area contributed by atoms with Gasteiger partial charge in [0, 0.05) is 30.8 Å². The van der Waals surface area contributed by atoms with E-state index in [4.69, 9.17) is 4.42 Å². The number of amides is 1. The van der Waals surface area contributed by atoms with E-state index < -0.39 is 0 Å². The van der Waals surface area contributed by atoms with E-state index in [0.717, 1.165) is 30.8 Å². The van der Waals surface area contributed by atoms with Crippen LogP contribution in [0.5, 0.6) is 0 Å². The number of rotatable bonds is 3. The minimum absolute atomic E-state index is 0.0455. The van der Waals surface area contributed by atoms with Crippen molar-refractivity contribution in [2.24, 2.45) is 5.92 Å². The van der Waals surface area contributed by atoms with Gasteiger partial charge >= 0.3 is 0 Å². The summed E-state index contributed by atoms with van der Waals surface area (Å²) in [5.74, 6) is 0.923. The first-order valence-electron chi connectivity index (χ1n) is 6.12. The highest BCUT2D eigenvalue weighted by molar-refractivity contribution is 5.78. The summed E-state index contributed by atoms with van der Waals surface area (Å²) >= 11 is 0. The van der Waals surface area contributed by atoms with E-state index in [2.05, 4.69) is 14.9 Å². The zero-order valence-electron chi connectivity index (χ0n) is 10.0. The third kappa shape index (κ3) is 2.16. The average molecular weight is 245 g/mol. The zero-order valence-corrected chi connectivity index (χ0v) is 10.0. The molecule has 1 N–H and O–H groups in total. The highest BCUT2D eigenvalue weighted by Gasteiger charge is 2.24. The molecule has 1 amide bonds. The molecule has 1 aliphatic heterocycles. The van der Waals surface area contributed by atoms with Crippen LogP contribution in [0.25, 0.3) is 0 Å². The van der Waals surface area contributed by atoms with Crippen LogP contribution in [0.1, 0.15) is 17.9 Å². The maximum Gasteiger partial charge on any atom is 0.223 e. The minimum Gasteiger partial charge on any atom is -0.467 e. The van der Waals surface area contributed by atoms with Crippen molar-refractivity contribution in [3.63, 3.8) is 0 Å². The molecule has 1 unspecified atom stereocenters. The van der Waals surface area contributed by atoms with Gasteiger partial charge in [0.25, 0.3) is 0 Å². The van der Waals surface area contributed by atoms with E-state index in [9.17, 15) is 4.79 Å². The third-order valence-corrected chi connectivity index (χ3v) is 3.36. The number of furan rings is 1. The fourth-order valence-electron chi connectivity index (χ4n) is 2.32. The number of hydrogen-bond acceptors (Lipinski definition) is 3. The van der Waals surface area contributed by atoms with Crippen molar-refractivity contribution < 1.29 is 9.21 Å². The molecule has 3 rings (SSSR count). The topological polar surface area (TPSA) is 60.1 Å². The number of aryl methyl sites for hydroxylation is 1. The van der Waals surface area contributed by atoms with Gasteiger partial charge in [0.1, 0.15) is 5.76 Å². The summed E-state index contributed by atoms with van der Waals surface area (Å²) in [6.07, 6.45) is 6.91. The van der Waals surface area contributed by atoms with Crippen LogP contribution in [-0.2, 0) is 24.3 Å². The fourth-order valence-corrected chi connectivity index (χ4v) is 2.32. The molecule has 0 aliphatic carbocycles. The van der Waals surface area contributed by atoms with Crippen molar-refractivity contribution >= 4 is 5.91 Å². The molecule has 2 aromatic rings. The van der Waals surface area contributed by atoms with Crippen molar-refractivity contribution in [1.29, 1.82) is 0 Å². The van der Waals surface area contributed by atoms with Crippen molar-refractivity contribution in [2.75, 3.05) is 0 Å². The summed E-state index contributed by atoms with van der Waals surface area (Å²) < 4.78 is 7.29. The third-order valence-electron chi connectivity index (χ3n) is 3.36. The Morgan fingerprint density at radius 3 is 3.39 bits per heavy atom. The molecule has 1 atom stereocenters. The number of nitrogens with one attached hydrogen (secondary N) is 1. The Hall–Kier alpha value is -2.04. The van der Waals surface area contributed by atoms with Crippen molar-refractivity contribution in [2.45, 2.75) is 25.9 Å². The first kappa shape index (κ1) is 11.1. The molecule has 0 aromatic carbocycles. The zero-order chi connectivity index (χ0) is 12.4. The molecule has 2 aromatic heterocycles. The van der Waals surface area contributed by atoms with Crippen molar-refractivity contribution in [1.82, 2.24) is 14.9 Å². The first-order chi connectivity index (χ1) is 8.83. The summed E-state index contributed by atoms with van der Waals surface area (Å²) in [5, 5.41) is 2.92. The van der Waals surface area contributed by atoms with E-state index in [1.54, 1.807) is 6.26 Å². The fraction of sp³-hybridized carbons (Fsp3) is 0.385. The van der Waals surface area contributed by atoms with Crippen LogP contribution in [0.2, 0.25) is 0 Å². The molecule has 0 saturated carbocycles. The van der Waals surface area contributed by atoms with Crippen LogP contribution in [-0.4, -0.2) is 15.5 Å². The summed E-state index contributed by atoms with van der Waals surface area (Å²) in [6, 6.07) is 3.68. The minimum atomic E-state index is 0.0455. The van der Waals surface area contributed by atoms with Gasteiger partial charge in [-0.2, -0.15) is 0 Å². The molecular weight excluding hydrogens is 230 g/mol. The number of nitrogens with zero attached hydrogens (tertiary/aromatic N) is 2. The van der Waals surface area contributed by atoms with Gasteiger partial charge in [-0.1, -0.05) is 0 Å². The van der Waals surface area contributed by atoms with E-state index in [-0.39, 0.29) is 11.8 Å². The van der Waals surface area contributed by atoms with Crippen LogP contribution < -0.4 is 5.32 Å². The van der Waals surface area contributed by atoms with E-state index >= 15 is 0 Å². The number of carbonyl (C=O) groups excluding carboxylic acids is 1. The molecule has 18 heavy (non-hydrogen) atoms. The molecule has 5 nitrogen and oxygen atoms in total. The Kier molecular flexibility index (Phi) is 2.88. The predicted molar refractivity (Wildman–Crippen MR) is 64.6 cm³/mol. The van der Waals surface area contributed by atoms with E-state index in [1.807, 2.05) is 24.7 Å². The molecule has 0 radical (unpaired) electrons. The molecule has 0 bridgehead atoms. The van der Waals surface area contributed by atoms with Gasteiger partial charge in [-0.25, -0.2) is 4.98 Å². The maximum absolute atomic E-state index is 12.0. The number of hydrogen-bond donors (Lipinski definition) is 1. The number of aromatic nitrogens is 2. The lowest BCUT2D eigenvalue weighted by Crippen LogP contribution is -2.34. The Bertz CT molecular complexity index is 530. The molecule has 3 heterocycles. The molecule has 0 fully saturated rings. The Labute approximate surface area is 105 Å². The van der Waals surface area contributed by atoms with Crippen molar-refractivity contribution in [3.8, 4) is 0 Å². The van der Waals surface area contributed by atoms with Crippen LogP contribution in [0.15, 0.2) is 35.3 Å². The molecule has 0 saturated heterocycles. The largest absolute Gasteiger partial charge is 0.467 e. The monoisotopic (exact) mass is 245 g/mol. The Balaban J connectivity index is 1.57. The van der Waals surface area contributed by atoms with Gasteiger partial charge in [-0.15, -0.1) is 0 Å². The van der Waals surface area contributed by atoms with Gasteiger partial charge in [-0.05, 0) is 18.6 Å². The Morgan fingerprint density at radius 1 is 1.61 bits per heavy atom. The summed E-state index contributed by atoms with van der Waals surface area (Å²) in [4.78, 5) is 16.1. The van der Waals surface area contributed by atoms with Crippen molar-refractivity contribution in [3.05, 3.63) is 42.4 Å². The number of carbonyl (C=O) groups is 1. The second-order valence-corrected chi connectivity index (χ2v) is 4.57. The SMILES string of the molecule is O=C(NCc1ccco1)C1CCn2cncc2C1. The lowest BCUT2D eigenvalue weighted by molar-refractivity contribution is -0.125. The first-order valence-corrected chi connectivity index (χ1v) is 6.12. The van der Waals surface area contributed by atoms with Gasteiger partial charge in [0.05, 0.1) is 19.1 Å². The number of fused-ring (bicyclic) bond motifs is 1. The highest BCUT2D eigenvalue weighted by Crippen LogP contribution is 2.20. The molecule has 94 valence electrons. The molecule has 5 heteroatoms. The smallest absolute Gasteiger partial charge is 0.223 e. The second-order valence-electron chi connectivity index (χ2n) is 4.57. The second kappa shape index (κ2) is 4.68.